The molecule has 17 heavy (non-hydrogen) atoms. The highest BCUT2D eigenvalue weighted by Crippen LogP contribution is 2.14. The van der Waals surface area contributed by atoms with Gasteiger partial charge in [0, 0.05) is 18.7 Å². The van der Waals surface area contributed by atoms with Gasteiger partial charge in [-0.05, 0) is 24.3 Å². The lowest BCUT2D eigenvalue weighted by Gasteiger charge is -2.07. The van der Waals surface area contributed by atoms with Crippen LogP contribution in [0.2, 0.25) is 0 Å². The fourth-order valence-electron chi connectivity index (χ4n) is 1.16. The van der Waals surface area contributed by atoms with Crippen molar-refractivity contribution in [1.82, 2.24) is 5.32 Å². The molecule has 0 heterocycles. The van der Waals surface area contributed by atoms with Gasteiger partial charge in [-0.25, -0.2) is 4.79 Å². The molecule has 0 aliphatic carbocycles. The van der Waals surface area contributed by atoms with E-state index >= 15 is 0 Å². The lowest BCUT2D eigenvalue weighted by atomic mass is 10.3. The van der Waals surface area contributed by atoms with Crippen LogP contribution in [0.4, 0.5) is 10.5 Å². The van der Waals surface area contributed by atoms with E-state index in [0.29, 0.717) is 18.7 Å². The van der Waals surface area contributed by atoms with E-state index in [1.165, 1.54) is 0 Å². The van der Waals surface area contributed by atoms with E-state index in [4.69, 9.17) is 15.9 Å². The number of hydrogen-bond donors (Lipinski definition) is 4. The fourth-order valence-corrected chi connectivity index (χ4v) is 1.16. The number of amidine groups is 1. The lowest BCUT2D eigenvalue weighted by molar-refractivity contribution is 0.252. The van der Waals surface area contributed by atoms with Crippen LogP contribution in [0.15, 0.2) is 24.3 Å². The van der Waals surface area contributed by atoms with Crippen molar-refractivity contribution >= 4 is 17.6 Å². The van der Waals surface area contributed by atoms with E-state index in [1.54, 1.807) is 31.4 Å². The maximum atomic E-state index is 11.4. The molecule has 0 bridgehead atoms. The van der Waals surface area contributed by atoms with E-state index in [-0.39, 0.29) is 11.9 Å². The Morgan fingerprint density at radius 3 is 2.59 bits per heavy atom. The molecular formula is C11H16N4O2. The van der Waals surface area contributed by atoms with Crippen molar-refractivity contribution in [2.24, 2.45) is 5.73 Å². The zero-order chi connectivity index (χ0) is 12.7. The van der Waals surface area contributed by atoms with Crippen molar-refractivity contribution in [3.05, 3.63) is 24.3 Å². The molecular weight excluding hydrogens is 220 g/mol. The molecule has 0 atom stereocenters. The van der Waals surface area contributed by atoms with Crippen LogP contribution in [-0.4, -0.2) is 25.5 Å². The second-order valence-corrected chi connectivity index (χ2v) is 3.38. The van der Waals surface area contributed by atoms with Crippen LogP contribution in [0.3, 0.4) is 0 Å². The van der Waals surface area contributed by atoms with Gasteiger partial charge in [-0.1, -0.05) is 0 Å². The van der Waals surface area contributed by atoms with Crippen LogP contribution < -0.4 is 21.1 Å². The number of anilines is 1. The summed E-state index contributed by atoms with van der Waals surface area (Å²) in [5.74, 6) is 0.780. The molecule has 0 radical (unpaired) electrons. The molecule has 0 unspecified atom stereocenters. The number of benzene rings is 1. The summed E-state index contributed by atoms with van der Waals surface area (Å²) in [6, 6.07) is 6.67. The second-order valence-electron chi connectivity index (χ2n) is 3.38. The molecule has 1 rings (SSSR count). The van der Waals surface area contributed by atoms with Gasteiger partial charge >= 0.3 is 6.03 Å². The van der Waals surface area contributed by atoms with E-state index in [1.807, 2.05) is 0 Å². The molecule has 0 saturated heterocycles. The summed E-state index contributed by atoms with van der Waals surface area (Å²) in [6.07, 6.45) is 0.343. The average molecular weight is 236 g/mol. The first-order chi connectivity index (χ1) is 8.11. The van der Waals surface area contributed by atoms with Crippen LogP contribution in [0.5, 0.6) is 5.75 Å². The van der Waals surface area contributed by atoms with Crippen molar-refractivity contribution in [3.8, 4) is 5.75 Å². The molecule has 92 valence electrons. The number of methoxy groups -OCH3 is 1. The van der Waals surface area contributed by atoms with E-state index < -0.39 is 0 Å². The van der Waals surface area contributed by atoms with Crippen molar-refractivity contribution in [1.29, 1.82) is 5.41 Å². The summed E-state index contributed by atoms with van der Waals surface area (Å²) in [5, 5.41) is 12.2. The quantitative estimate of drug-likeness (QED) is 0.455. The standard InChI is InChI=1S/C11H16N4O2/c1-17-9-4-2-8(3-5-9)15-11(16)14-7-6-10(12)13/h2-5H,6-7H2,1H3,(H3,12,13)(H2,14,15,16). The largest absolute Gasteiger partial charge is 0.497 e. The molecule has 0 spiro atoms. The maximum absolute atomic E-state index is 11.4. The SMILES string of the molecule is COc1ccc(NC(=O)NCCC(=N)N)cc1. The van der Waals surface area contributed by atoms with Crippen molar-refractivity contribution < 1.29 is 9.53 Å². The first-order valence-electron chi connectivity index (χ1n) is 5.13. The van der Waals surface area contributed by atoms with Gasteiger partial charge < -0.3 is 21.1 Å². The minimum atomic E-state index is -0.323. The van der Waals surface area contributed by atoms with E-state index in [0.717, 1.165) is 5.75 Å². The van der Waals surface area contributed by atoms with Gasteiger partial charge in [0.15, 0.2) is 0 Å². The van der Waals surface area contributed by atoms with Gasteiger partial charge in [0.05, 0.1) is 12.9 Å². The Balaban J connectivity index is 2.37. The third-order valence-electron chi connectivity index (χ3n) is 2.03. The molecule has 0 fully saturated rings. The molecule has 0 aliphatic heterocycles. The monoisotopic (exact) mass is 236 g/mol. The van der Waals surface area contributed by atoms with Gasteiger partial charge in [0.25, 0.3) is 0 Å². The van der Waals surface area contributed by atoms with E-state index in [2.05, 4.69) is 10.6 Å². The number of ether oxygens (including phenoxy) is 1. The second kappa shape index (κ2) is 6.37. The molecule has 5 N–H and O–H groups in total. The first kappa shape index (κ1) is 12.8. The van der Waals surface area contributed by atoms with Gasteiger partial charge in [-0.15, -0.1) is 0 Å². The fraction of sp³-hybridized carbons (Fsp3) is 0.273. The minimum Gasteiger partial charge on any atom is -0.497 e. The Labute approximate surface area is 99.7 Å². The van der Waals surface area contributed by atoms with Gasteiger partial charge in [0.2, 0.25) is 0 Å². The Bertz CT molecular complexity index is 389. The van der Waals surface area contributed by atoms with Crippen molar-refractivity contribution in [2.75, 3.05) is 19.0 Å². The summed E-state index contributed by atoms with van der Waals surface area (Å²) in [7, 11) is 1.58. The predicted octanol–water partition coefficient (Wildman–Crippen LogP) is 1.14. The van der Waals surface area contributed by atoms with Gasteiger partial charge in [-0.2, -0.15) is 0 Å². The predicted molar refractivity (Wildman–Crippen MR) is 66.5 cm³/mol. The molecule has 0 saturated carbocycles. The summed E-state index contributed by atoms with van der Waals surface area (Å²) < 4.78 is 5.00. The number of urea groups is 1. The molecule has 6 heteroatoms. The number of rotatable bonds is 5. The minimum absolute atomic E-state index is 0.0507. The van der Waals surface area contributed by atoms with Crippen LogP contribution in [0, 0.1) is 5.41 Å². The van der Waals surface area contributed by atoms with Crippen LogP contribution in [0.25, 0.3) is 0 Å². The van der Waals surface area contributed by atoms with Gasteiger partial charge in [-0.3, -0.25) is 5.41 Å². The van der Waals surface area contributed by atoms with Crippen molar-refractivity contribution in [3.63, 3.8) is 0 Å². The summed E-state index contributed by atoms with van der Waals surface area (Å²) in [5.41, 5.74) is 5.83. The molecule has 6 nitrogen and oxygen atoms in total. The molecule has 0 aliphatic rings. The van der Waals surface area contributed by atoms with Gasteiger partial charge in [0.1, 0.15) is 5.75 Å². The number of nitrogens with two attached hydrogens (primary N) is 1. The smallest absolute Gasteiger partial charge is 0.319 e. The summed E-state index contributed by atoms with van der Waals surface area (Å²) in [6.45, 7) is 0.345. The molecule has 1 aromatic rings. The Morgan fingerprint density at radius 1 is 1.41 bits per heavy atom. The van der Waals surface area contributed by atoms with Crippen LogP contribution >= 0.6 is 0 Å². The van der Waals surface area contributed by atoms with Crippen LogP contribution in [-0.2, 0) is 0 Å². The number of nitrogens with one attached hydrogen (secondary N) is 3. The molecule has 0 aromatic heterocycles. The zero-order valence-electron chi connectivity index (χ0n) is 9.62. The number of hydrogen-bond acceptors (Lipinski definition) is 3. The summed E-state index contributed by atoms with van der Waals surface area (Å²) >= 11 is 0. The number of amides is 2. The number of carbonyl (C=O) groups excluding carboxylic acids is 1. The molecule has 1 aromatic carbocycles. The highest BCUT2D eigenvalue weighted by molar-refractivity contribution is 5.89. The Hall–Kier alpha value is -2.24. The lowest BCUT2D eigenvalue weighted by Crippen LogP contribution is -2.31. The maximum Gasteiger partial charge on any atom is 0.319 e. The number of carbonyl (C=O) groups is 1. The zero-order valence-corrected chi connectivity index (χ0v) is 9.62. The topological polar surface area (TPSA) is 100 Å². The highest BCUT2D eigenvalue weighted by Gasteiger charge is 2.01. The normalized spacial score (nSPS) is 9.47. The average Bonchev–Trinajstić information content (AvgIpc) is 2.29. The Morgan fingerprint density at radius 2 is 2.06 bits per heavy atom. The van der Waals surface area contributed by atoms with E-state index in [9.17, 15) is 4.79 Å². The third-order valence-corrected chi connectivity index (χ3v) is 2.03. The first-order valence-corrected chi connectivity index (χ1v) is 5.13. The van der Waals surface area contributed by atoms with Crippen molar-refractivity contribution in [2.45, 2.75) is 6.42 Å². The highest BCUT2D eigenvalue weighted by atomic mass is 16.5. The summed E-state index contributed by atoms with van der Waals surface area (Å²) in [4.78, 5) is 11.4. The third kappa shape index (κ3) is 4.87. The molecule has 2 amide bonds. The Kier molecular flexibility index (Phi) is 4.80. The van der Waals surface area contributed by atoms with Crippen LogP contribution in [0.1, 0.15) is 6.42 Å².